The summed E-state index contributed by atoms with van der Waals surface area (Å²) < 4.78 is 63.2. The van der Waals surface area contributed by atoms with Gasteiger partial charge in [-0.25, -0.2) is 13.1 Å². The first-order valence-corrected chi connectivity index (χ1v) is 7.06. The molecule has 0 amide bonds. The van der Waals surface area contributed by atoms with Crippen molar-refractivity contribution in [1.82, 2.24) is 9.71 Å². The van der Waals surface area contributed by atoms with E-state index in [4.69, 9.17) is 0 Å². The quantitative estimate of drug-likeness (QED) is 0.911. The smallest absolute Gasteiger partial charge is 0.367 e. The van der Waals surface area contributed by atoms with Gasteiger partial charge in [0.15, 0.2) is 0 Å². The Labute approximate surface area is 113 Å². The zero-order chi connectivity index (χ0) is 14.8. The fourth-order valence-electron chi connectivity index (χ4n) is 1.55. The number of aromatic amines is 1. The summed E-state index contributed by atoms with van der Waals surface area (Å²) in [7, 11) is -3.83. The van der Waals surface area contributed by atoms with Crippen molar-refractivity contribution >= 4 is 10.0 Å². The third kappa shape index (κ3) is 3.40. The highest BCUT2D eigenvalue weighted by Crippen LogP contribution is 2.29. The van der Waals surface area contributed by atoms with Gasteiger partial charge in [-0.2, -0.15) is 13.2 Å². The van der Waals surface area contributed by atoms with Gasteiger partial charge in [-0.15, -0.1) is 0 Å². The Morgan fingerprint density at radius 1 is 1.10 bits per heavy atom. The number of H-pyrrole nitrogens is 1. The summed E-state index contributed by atoms with van der Waals surface area (Å²) in [6.07, 6.45) is -1.22. The molecule has 0 bridgehead atoms. The van der Waals surface area contributed by atoms with Crippen LogP contribution in [0.15, 0.2) is 47.6 Å². The molecule has 0 fully saturated rings. The van der Waals surface area contributed by atoms with Crippen LogP contribution in [-0.2, 0) is 22.7 Å². The Balaban J connectivity index is 2.13. The van der Waals surface area contributed by atoms with Crippen molar-refractivity contribution < 1.29 is 21.6 Å². The molecule has 2 N–H and O–H groups in total. The van der Waals surface area contributed by atoms with Crippen LogP contribution in [0.25, 0.3) is 0 Å². The molecule has 0 unspecified atom stereocenters. The van der Waals surface area contributed by atoms with Crippen LogP contribution in [0.2, 0.25) is 0 Å². The molecule has 2 aromatic rings. The summed E-state index contributed by atoms with van der Waals surface area (Å²) in [5.74, 6) is 0. The van der Waals surface area contributed by atoms with Gasteiger partial charge in [0.1, 0.15) is 0 Å². The molecular weight excluding hydrogens is 293 g/mol. The van der Waals surface area contributed by atoms with Crippen LogP contribution in [0.4, 0.5) is 13.2 Å². The van der Waals surface area contributed by atoms with Gasteiger partial charge >= 0.3 is 6.18 Å². The van der Waals surface area contributed by atoms with Gasteiger partial charge in [0.2, 0.25) is 10.0 Å². The second kappa shape index (κ2) is 5.29. The molecule has 0 aliphatic heterocycles. The summed E-state index contributed by atoms with van der Waals surface area (Å²) in [6.45, 7) is 0.0624. The van der Waals surface area contributed by atoms with Gasteiger partial charge in [0.25, 0.3) is 0 Å². The molecule has 1 aromatic heterocycles. The second-order valence-electron chi connectivity index (χ2n) is 4.07. The van der Waals surface area contributed by atoms with E-state index < -0.39 is 21.8 Å². The standard InChI is InChI=1S/C12H11F3N2O2S/c13-12(14,15)10-1-3-11(4-2-10)20(18,19)17-8-9-5-6-16-7-9/h1-7,16-17H,8H2. The number of hydrogen-bond donors (Lipinski definition) is 2. The van der Waals surface area contributed by atoms with Crippen LogP contribution in [-0.4, -0.2) is 13.4 Å². The van der Waals surface area contributed by atoms with Crippen molar-refractivity contribution in [2.24, 2.45) is 0 Å². The molecule has 8 heteroatoms. The third-order valence-corrected chi connectivity index (χ3v) is 4.04. The van der Waals surface area contributed by atoms with Gasteiger partial charge in [0.05, 0.1) is 10.5 Å². The lowest BCUT2D eigenvalue weighted by Gasteiger charge is -2.09. The lowest BCUT2D eigenvalue weighted by molar-refractivity contribution is -0.137. The molecule has 0 saturated heterocycles. The molecule has 0 atom stereocenters. The Bertz CT molecular complexity index is 662. The Hall–Kier alpha value is -1.80. The van der Waals surface area contributed by atoms with E-state index in [9.17, 15) is 21.6 Å². The minimum atomic E-state index is -4.49. The SMILES string of the molecule is O=S(=O)(NCc1cc[nH]c1)c1ccc(C(F)(F)F)cc1. The molecule has 1 heterocycles. The van der Waals surface area contributed by atoms with Gasteiger partial charge in [-0.1, -0.05) is 0 Å². The van der Waals surface area contributed by atoms with Gasteiger partial charge in [0, 0.05) is 18.9 Å². The Morgan fingerprint density at radius 3 is 2.25 bits per heavy atom. The summed E-state index contributed by atoms with van der Waals surface area (Å²) in [5, 5.41) is 0. The van der Waals surface area contributed by atoms with E-state index in [0.29, 0.717) is 0 Å². The number of alkyl halides is 3. The van der Waals surface area contributed by atoms with E-state index in [2.05, 4.69) is 9.71 Å². The number of hydrogen-bond acceptors (Lipinski definition) is 2. The van der Waals surface area contributed by atoms with Crippen molar-refractivity contribution in [2.45, 2.75) is 17.6 Å². The van der Waals surface area contributed by atoms with Gasteiger partial charge in [-0.3, -0.25) is 0 Å². The van der Waals surface area contributed by atoms with Crippen molar-refractivity contribution in [2.75, 3.05) is 0 Å². The summed E-state index contributed by atoms with van der Waals surface area (Å²) in [6, 6.07) is 5.04. The summed E-state index contributed by atoms with van der Waals surface area (Å²) >= 11 is 0. The molecule has 4 nitrogen and oxygen atoms in total. The Kier molecular flexibility index (Phi) is 3.87. The van der Waals surface area contributed by atoms with Crippen LogP contribution in [0.3, 0.4) is 0 Å². The van der Waals surface area contributed by atoms with E-state index in [1.807, 2.05) is 0 Å². The van der Waals surface area contributed by atoms with Crippen molar-refractivity contribution in [1.29, 1.82) is 0 Å². The van der Waals surface area contributed by atoms with Crippen LogP contribution >= 0.6 is 0 Å². The number of rotatable bonds is 4. The lowest BCUT2D eigenvalue weighted by atomic mass is 10.2. The molecule has 0 aliphatic carbocycles. The lowest BCUT2D eigenvalue weighted by Crippen LogP contribution is -2.23. The highest BCUT2D eigenvalue weighted by molar-refractivity contribution is 7.89. The van der Waals surface area contributed by atoms with E-state index in [-0.39, 0.29) is 11.4 Å². The topological polar surface area (TPSA) is 62.0 Å². The fraction of sp³-hybridized carbons (Fsp3) is 0.167. The monoisotopic (exact) mass is 304 g/mol. The number of nitrogens with one attached hydrogen (secondary N) is 2. The van der Waals surface area contributed by atoms with Crippen molar-refractivity contribution in [3.05, 3.63) is 53.9 Å². The van der Waals surface area contributed by atoms with E-state index in [0.717, 1.165) is 29.8 Å². The third-order valence-electron chi connectivity index (χ3n) is 2.62. The van der Waals surface area contributed by atoms with Crippen LogP contribution in [0.5, 0.6) is 0 Å². The highest BCUT2D eigenvalue weighted by Gasteiger charge is 2.30. The minimum Gasteiger partial charge on any atom is -0.367 e. The minimum absolute atomic E-state index is 0.0624. The first kappa shape index (κ1) is 14.6. The van der Waals surface area contributed by atoms with Crippen LogP contribution in [0.1, 0.15) is 11.1 Å². The zero-order valence-corrected chi connectivity index (χ0v) is 10.9. The number of benzene rings is 1. The maximum Gasteiger partial charge on any atom is 0.416 e. The summed E-state index contributed by atoms with van der Waals surface area (Å²) in [5.41, 5.74) is -0.164. The normalized spacial score (nSPS) is 12.6. The predicted octanol–water partition coefficient (Wildman–Crippen LogP) is 2.51. The number of halogens is 3. The van der Waals surface area contributed by atoms with Crippen molar-refractivity contribution in [3.8, 4) is 0 Å². The molecule has 0 aliphatic rings. The van der Waals surface area contributed by atoms with Gasteiger partial charge in [-0.05, 0) is 35.9 Å². The van der Waals surface area contributed by atoms with Crippen LogP contribution < -0.4 is 4.72 Å². The first-order valence-electron chi connectivity index (χ1n) is 5.58. The fourth-order valence-corrected chi connectivity index (χ4v) is 2.57. The molecule has 0 radical (unpaired) electrons. The largest absolute Gasteiger partial charge is 0.416 e. The predicted molar refractivity (Wildman–Crippen MR) is 66.3 cm³/mol. The number of aromatic nitrogens is 1. The number of sulfonamides is 1. The molecule has 108 valence electrons. The molecule has 0 spiro atoms. The van der Waals surface area contributed by atoms with Crippen molar-refractivity contribution in [3.63, 3.8) is 0 Å². The van der Waals surface area contributed by atoms with E-state index >= 15 is 0 Å². The first-order chi connectivity index (χ1) is 9.29. The zero-order valence-electron chi connectivity index (χ0n) is 10.1. The average Bonchev–Trinajstić information content (AvgIpc) is 2.89. The van der Waals surface area contributed by atoms with E-state index in [1.54, 1.807) is 18.5 Å². The maximum atomic E-state index is 12.4. The molecule has 20 heavy (non-hydrogen) atoms. The molecule has 1 aromatic carbocycles. The van der Waals surface area contributed by atoms with Gasteiger partial charge < -0.3 is 4.98 Å². The molecule has 0 saturated carbocycles. The molecule has 2 rings (SSSR count). The Morgan fingerprint density at radius 2 is 1.75 bits per heavy atom. The highest BCUT2D eigenvalue weighted by atomic mass is 32.2. The van der Waals surface area contributed by atoms with E-state index in [1.165, 1.54) is 0 Å². The average molecular weight is 304 g/mol. The maximum absolute atomic E-state index is 12.4. The van der Waals surface area contributed by atoms with Crippen LogP contribution in [0, 0.1) is 0 Å². The summed E-state index contributed by atoms with van der Waals surface area (Å²) in [4.78, 5) is 2.56. The molecular formula is C12H11F3N2O2S. The second-order valence-corrected chi connectivity index (χ2v) is 5.83.